The van der Waals surface area contributed by atoms with E-state index in [1.165, 1.54) is 18.2 Å². The third kappa shape index (κ3) is 4.71. The second-order valence-electron chi connectivity index (χ2n) is 4.22. The smallest absolute Gasteiger partial charge is 0.226 e. The summed E-state index contributed by atoms with van der Waals surface area (Å²) in [7, 11) is 0. The van der Waals surface area contributed by atoms with Crippen molar-refractivity contribution in [3.05, 3.63) is 24.0 Å². The van der Waals surface area contributed by atoms with Crippen molar-refractivity contribution in [2.45, 2.75) is 32.7 Å². The average Bonchev–Trinajstić information content (AvgIpc) is 2.28. The van der Waals surface area contributed by atoms with Crippen LogP contribution < -0.4 is 15.8 Å². The van der Waals surface area contributed by atoms with Gasteiger partial charge in [0.1, 0.15) is 11.6 Å². The van der Waals surface area contributed by atoms with E-state index in [2.05, 4.69) is 5.32 Å². The van der Waals surface area contributed by atoms with Gasteiger partial charge in [-0.3, -0.25) is 4.79 Å². The Balaban J connectivity index is 2.77. The fourth-order valence-corrected chi connectivity index (χ4v) is 1.42. The molecule has 18 heavy (non-hydrogen) atoms. The minimum Gasteiger partial charge on any atom is -0.491 e. The molecule has 1 aromatic rings. The molecule has 0 heterocycles. The van der Waals surface area contributed by atoms with Gasteiger partial charge in [0.2, 0.25) is 5.91 Å². The number of ether oxygens (including phenoxy) is 1. The molecule has 0 aliphatic heterocycles. The predicted octanol–water partition coefficient (Wildman–Crippen LogP) is 2.29. The molecule has 1 rings (SSSR count). The van der Waals surface area contributed by atoms with E-state index < -0.39 is 5.82 Å². The first-order valence-corrected chi connectivity index (χ1v) is 6.00. The monoisotopic (exact) mass is 254 g/mol. The largest absolute Gasteiger partial charge is 0.491 e. The van der Waals surface area contributed by atoms with Crippen molar-refractivity contribution < 1.29 is 13.9 Å². The second-order valence-corrected chi connectivity index (χ2v) is 4.22. The maximum atomic E-state index is 13.1. The highest BCUT2D eigenvalue weighted by molar-refractivity contribution is 5.92. The highest BCUT2D eigenvalue weighted by Gasteiger charge is 2.10. The Morgan fingerprint density at radius 3 is 2.89 bits per heavy atom. The first-order valence-electron chi connectivity index (χ1n) is 6.00. The van der Waals surface area contributed by atoms with Crippen molar-refractivity contribution in [1.29, 1.82) is 0 Å². The van der Waals surface area contributed by atoms with E-state index in [1.54, 1.807) is 6.92 Å². The molecule has 0 fully saturated rings. The van der Waals surface area contributed by atoms with Crippen LogP contribution in [0.5, 0.6) is 5.75 Å². The van der Waals surface area contributed by atoms with Crippen LogP contribution in [-0.4, -0.2) is 18.6 Å². The normalized spacial score (nSPS) is 12.0. The summed E-state index contributed by atoms with van der Waals surface area (Å²) >= 11 is 0. The van der Waals surface area contributed by atoms with Crippen molar-refractivity contribution in [2.24, 2.45) is 5.73 Å². The number of nitrogens with one attached hydrogen (secondary N) is 1. The number of rotatable bonds is 6. The Morgan fingerprint density at radius 2 is 2.28 bits per heavy atom. The summed E-state index contributed by atoms with van der Waals surface area (Å²) in [4.78, 5) is 11.6. The van der Waals surface area contributed by atoms with E-state index in [4.69, 9.17) is 10.5 Å². The van der Waals surface area contributed by atoms with Crippen LogP contribution >= 0.6 is 0 Å². The van der Waals surface area contributed by atoms with E-state index in [1.807, 2.05) is 6.92 Å². The molecule has 100 valence electrons. The molecule has 0 spiro atoms. The molecule has 5 heteroatoms. The standard InChI is InChI=1S/C13H19FN2O2/c1-3-6-18-12-8-10(14)4-5-11(12)16-13(17)7-9(2)15/h4-5,8-9H,3,6-7,15H2,1-2H3,(H,16,17). The maximum absolute atomic E-state index is 13.1. The first kappa shape index (κ1) is 14.4. The van der Waals surface area contributed by atoms with E-state index in [0.717, 1.165) is 6.42 Å². The van der Waals surface area contributed by atoms with E-state index >= 15 is 0 Å². The highest BCUT2D eigenvalue weighted by Crippen LogP contribution is 2.25. The Morgan fingerprint density at radius 1 is 1.56 bits per heavy atom. The molecule has 0 radical (unpaired) electrons. The number of amides is 1. The topological polar surface area (TPSA) is 64.3 Å². The molecule has 0 saturated heterocycles. The van der Waals surface area contributed by atoms with E-state index in [9.17, 15) is 9.18 Å². The molecular formula is C13H19FN2O2. The van der Waals surface area contributed by atoms with Crippen molar-refractivity contribution >= 4 is 11.6 Å². The van der Waals surface area contributed by atoms with Crippen LogP contribution in [0, 0.1) is 5.82 Å². The van der Waals surface area contributed by atoms with Gasteiger partial charge in [-0.05, 0) is 25.5 Å². The lowest BCUT2D eigenvalue weighted by molar-refractivity contribution is -0.116. The molecule has 1 atom stereocenters. The summed E-state index contributed by atoms with van der Waals surface area (Å²) in [5.41, 5.74) is 6.01. The molecule has 0 aromatic heterocycles. The van der Waals surface area contributed by atoms with Crippen molar-refractivity contribution in [3.8, 4) is 5.75 Å². The summed E-state index contributed by atoms with van der Waals surface area (Å²) in [6.07, 6.45) is 1.02. The van der Waals surface area contributed by atoms with Crippen molar-refractivity contribution in [3.63, 3.8) is 0 Å². The Labute approximate surface area is 106 Å². The van der Waals surface area contributed by atoms with Gasteiger partial charge in [0.25, 0.3) is 0 Å². The zero-order valence-electron chi connectivity index (χ0n) is 10.7. The van der Waals surface area contributed by atoms with Gasteiger partial charge in [-0.25, -0.2) is 4.39 Å². The molecule has 4 nitrogen and oxygen atoms in total. The second kappa shape index (κ2) is 6.96. The minimum atomic E-state index is -0.397. The summed E-state index contributed by atoms with van der Waals surface area (Å²) in [5.74, 6) is -0.265. The van der Waals surface area contributed by atoms with Gasteiger partial charge in [-0.2, -0.15) is 0 Å². The summed E-state index contributed by atoms with van der Waals surface area (Å²) in [5, 5.41) is 2.67. The van der Waals surface area contributed by atoms with Gasteiger partial charge < -0.3 is 15.8 Å². The SMILES string of the molecule is CCCOc1cc(F)ccc1NC(=O)CC(C)N. The van der Waals surface area contributed by atoms with Crippen LogP contribution in [0.2, 0.25) is 0 Å². The lowest BCUT2D eigenvalue weighted by Crippen LogP contribution is -2.24. The minimum absolute atomic E-state index is 0.210. The van der Waals surface area contributed by atoms with Gasteiger partial charge in [0.15, 0.2) is 0 Å². The molecule has 0 aliphatic carbocycles. The number of halogens is 1. The Kier molecular flexibility index (Phi) is 5.58. The molecule has 1 amide bonds. The van der Waals surface area contributed by atoms with Crippen molar-refractivity contribution in [1.82, 2.24) is 0 Å². The average molecular weight is 254 g/mol. The molecule has 3 N–H and O–H groups in total. The Hall–Kier alpha value is -1.62. The third-order valence-corrected chi connectivity index (χ3v) is 2.19. The quantitative estimate of drug-likeness (QED) is 0.818. The summed E-state index contributed by atoms with van der Waals surface area (Å²) in [6.45, 7) is 4.17. The lowest BCUT2D eigenvalue weighted by atomic mass is 10.2. The highest BCUT2D eigenvalue weighted by atomic mass is 19.1. The van der Waals surface area contributed by atoms with Crippen molar-refractivity contribution in [2.75, 3.05) is 11.9 Å². The number of anilines is 1. The summed E-state index contributed by atoms with van der Waals surface area (Å²) in [6, 6.07) is 3.81. The van der Waals surface area contributed by atoms with Crippen LogP contribution in [0.1, 0.15) is 26.7 Å². The first-order chi connectivity index (χ1) is 8.52. The zero-order chi connectivity index (χ0) is 13.5. The molecule has 0 saturated carbocycles. The fourth-order valence-electron chi connectivity index (χ4n) is 1.42. The van der Waals surface area contributed by atoms with Crippen LogP contribution in [0.25, 0.3) is 0 Å². The lowest BCUT2D eigenvalue weighted by Gasteiger charge is -2.13. The van der Waals surface area contributed by atoms with E-state index in [0.29, 0.717) is 18.0 Å². The number of nitrogens with two attached hydrogens (primary N) is 1. The van der Waals surface area contributed by atoms with Gasteiger partial charge in [0, 0.05) is 18.5 Å². The zero-order valence-corrected chi connectivity index (χ0v) is 10.7. The number of hydrogen-bond acceptors (Lipinski definition) is 3. The molecule has 1 aromatic carbocycles. The Bertz CT molecular complexity index is 408. The molecule has 0 aliphatic rings. The number of carbonyl (C=O) groups is 1. The van der Waals surface area contributed by atoms with Crippen LogP contribution in [0.4, 0.5) is 10.1 Å². The molecule has 0 bridgehead atoms. The fraction of sp³-hybridized carbons (Fsp3) is 0.462. The van der Waals surface area contributed by atoms with Crippen LogP contribution in [0.3, 0.4) is 0 Å². The van der Waals surface area contributed by atoms with Crippen LogP contribution in [0.15, 0.2) is 18.2 Å². The van der Waals surface area contributed by atoms with Crippen LogP contribution in [-0.2, 0) is 4.79 Å². The predicted molar refractivity (Wildman–Crippen MR) is 69.1 cm³/mol. The maximum Gasteiger partial charge on any atom is 0.226 e. The van der Waals surface area contributed by atoms with Gasteiger partial charge in [0.05, 0.1) is 12.3 Å². The van der Waals surface area contributed by atoms with E-state index in [-0.39, 0.29) is 18.4 Å². The molecule has 1 unspecified atom stereocenters. The third-order valence-electron chi connectivity index (χ3n) is 2.19. The van der Waals surface area contributed by atoms with Gasteiger partial charge in [-0.15, -0.1) is 0 Å². The van der Waals surface area contributed by atoms with Gasteiger partial charge in [-0.1, -0.05) is 6.92 Å². The number of benzene rings is 1. The van der Waals surface area contributed by atoms with Gasteiger partial charge >= 0.3 is 0 Å². The number of hydrogen-bond donors (Lipinski definition) is 2. The number of carbonyl (C=O) groups excluding carboxylic acids is 1. The molecular weight excluding hydrogens is 235 g/mol. The summed E-state index contributed by atoms with van der Waals surface area (Å²) < 4.78 is 18.5.